The summed E-state index contributed by atoms with van der Waals surface area (Å²) in [7, 11) is 1.30. The number of hydrogen-bond donors (Lipinski definition) is 2. The molecule has 1 aromatic heterocycles. The zero-order valence-corrected chi connectivity index (χ0v) is 18.7. The molecule has 0 aliphatic carbocycles. The minimum absolute atomic E-state index is 0.169. The largest absolute Gasteiger partial charge is 0.465 e. The first-order valence-corrected chi connectivity index (χ1v) is 10.6. The van der Waals surface area contributed by atoms with Gasteiger partial charge in [0, 0.05) is 11.8 Å². The number of carbonyl (C=O) groups is 3. The lowest BCUT2D eigenvalue weighted by molar-refractivity contribution is -0.126. The fourth-order valence-corrected chi connectivity index (χ4v) is 3.33. The molecule has 2 aromatic carbocycles. The van der Waals surface area contributed by atoms with Crippen LogP contribution in [-0.2, 0) is 20.7 Å². The first-order chi connectivity index (χ1) is 16.3. The summed E-state index contributed by atoms with van der Waals surface area (Å²) >= 11 is 0. The molecule has 1 heterocycles. The van der Waals surface area contributed by atoms with Crippen LogP contribution in [0.15, 0.2) is 55.0 Å². The van der Waals surface area contributed by atoms with Crippen LogP contribution < -0.4 is 10.6 Å². The summed E-state index contributed by atoms with van der Waals surface area (Å²) in [5.74, 6) is -2.73. The summed E-state index contributed by atoms with van der Waals surface area (Å²) in [5, 5.41) is 5.28. The van der Waals surface area contributed by atoms with Crippen molar-refractivity contribution in [1.82, 2.24) is 14.9 Å². The first kappa shape index (κ1) is 24.6. The highest BCUT2D eigenvalue weighted by Gasteiger charge is 2.21. The van der Waals surface area contributed by atoms with Gasteiger partial charge >= 0.3 is 5.97 Å². The van der Waals surface area contributed by atoms with Gasteiger partial charge in [0.1, 0.15) is 24.0 Å². The second-order valence-corrected chi connectivity index (χ2v) is 7.56. The van der Waals surface area contributed by atoms with Crippen LogP contribution in [0.2, 0.25) is 0 Å². The summed E-state index contributed by atoms with van der Waals surface area (Å²) in [5.41, 5.74) is 1.28. The summed E-state index contributed by atoms with van der Waals surface area (Å²) in [6.07, 6.45) is 3.80. The van der Waals surface area contributed by atoms with Crippen molar-refractivity contribution < 1.29 is 27.9 Å². The van der Waals surface area contributed by atoms with Crippen molar-refractivity contribution in [2.75, 3.05) is 12.4 Å². The van der Waals surface area contributed by atoms with E-state index in [4.69, 9.17) is 0 Å². The maximum absolute atomic E-state index is 13.4. The van der Waals surface area contributed by atoms with E-state index in [9.17, 15) is 23.2 Å². The van der Waals surface area contributed by atoms with Crippen molar-refractivity contribution in [2.45, 2.75) is 32.2 Å². The Hall–Kier alpha value is -4.08. The van der Waals surface area contributed by atoms with E-state index in [0.717, 1.165) is 18.2 Å². The third-order valence-electron chi connectivity index (χ3n) is 4.94. The number of ether oxygens (including phenoxy) is 1. The highest BCUT2D eigenvalue weighted by atomic mass is 19.1. The molecule has 178 valence electrons. The highest BCUT2D eigenvalue weighted by molar-refractivity contribution is 5.96. The maximum Gasteiger partial charge on any atom is 0.337 e. The lowest BCUT2D eigenvalue weighted by Gasteiger charge is -2.17. The van der Waals surface area contributed by atoms with Crippen LogP contribution >= 0.6 is 0 Å². The molecule has 0 saturated heterocycles. The van der Waals surface area contributed by atoms with Gasteiger partial charge in [0.05, 0.1) is 25.3 Å². The summed E-state index contributed by atoms with van der Waals surface area (Å²) in [6.45, 7) is 1.86. The number of rotatable bonds is 9. The Bertz CT molecular complexity index is 1160. The van der Waals surface area contributed by atoms with Crippen LogP contribution in [0.25, 0.3) is 5.69 Å². The number of esters is 1. The van der Waals surface area contributed by atoms with Crippen LogP contribution in [0, 0.1) is 11.6 Å². The predicted octanol–water partition coefficient (Wildman–Crippen LogP) is 3.40. The van der Waals surface area contributed by atoms with Crippen molar-refractivity contribution in [1.29, 1.82) is 0 Å². The third kappa shape index (κ3) is 6.47. The van der Waals surface area contributed by atoms with Gasteiger partial charge in [-0.1, -0.05) is 13.3 Å². The molecule has 0 fully saturated rings. The number of methoxy groups -OCH3 is 1. The third-order valence-corrected chi connectivity index (χ3v) is 4.94. The van der Waals surface area contributed by atoms with Crippen molar-refractivity contribution >= 4 is 23.6 Å². The minimum Gasteiger partial charge on any atom is -0.465 e. The van der Waals surface area contributed by atoms with E-state index in [1.165, 1.54) is 13.4 Å². The number of imidazole rings is 1. The first-order valence-electron chi connectivity index (χ1n) is 10.6. The number of nitrogens with zero attached hydrogens (tertiary/aromatic N) is 2. The fraction of sp³-hybridized carbons (Fsp3) is 0.250. The molecule has 8 nitrogen and oxygen atoms in total. The van der Waals surface area contributed by atoms with Gasteiger partial charge in [-0.25, -0.2) is 18.6 Å². The van der Waals surface area contributed by atoms with Crippen LogP contribution in [0.4, 0.5) is 14.6 Å². The fourth-order valence-electron chi connectivity index (χ4n) is 3.33. The number of benzene rings is 2. The molecule has 1 unspecified atom stereocenters. The molecule has 1 atom stereocenters. The Morgan fingerprint density at radius 2 is 1.76 bits per heavy atom. The molecule has 34 heavy (non-hydrogen) atoms. The van der Waals surface area contributed by atoms with Gasteiger partial charge in [0.15, 0.2) is 5.82 Å². The monoisotopic (exact) mass is 470 g/mol. The topological polar surface area (TPSA) is 102 Å². The molecule has 0 aliphatic rings. The van der Waals surface area contributed by atoms with Crippen LogP contribution in [0.3, 0.4) is 0 Å². The Balaban J connectivity index is 1.63. The van der Waals surface area contributed by atoms with Gasteiger partial charge in [-0.2, -0.15) is 0 Å². The Labute approximate surface area is 194 Å². The van der Waals surface area contributed by atoms with Gasteiger partial charge < -0.3 is 19.9 Å². The Morgan fingerprint density at radius 3 is 2.38 bits per heavy atom. The number of carbonyl (C=O) groups excluding carboxylic acids is 3. The molecule has 0 aliphatic heterocycles. The molecule has 3 aromatic rings. The van der Waals surface area contributed by atoms with Crippen LogP contribution in [0.5, 0.6) is 0 Å². The van der Waals surface area contributed by atoms with E-state index in [1.807, 2.05) is 6.92 Å². The lowest BCUT2D eigenvalue weighted by atomic mass is 10.1. The number of hydrogen-bond acceptors (Lipinski definition) is 5. The standard InChI is InChI=1S/C24H24F2N4O4/c1-3-4-20(28-22(31)11-15-9-17(25)12-18(26)10-15)23(32)29-21-13-30(14-27-21)19-7-5-16(6-8-19)24(33)34-2/h5-10,12-14,20H,3-4,11H2,1-2H3,(H,28,31)(H,29,32). The SMILES string of the molecule is CCCC(NC(=O)Cc1cc(F)cc(F)c1)C(=O)Nc1cn(-c2ccc(C(=O)OC)cc2)cn1. The van der Waals surface area contributed by atoms with Gasteiger partial charge in [-0.05, 0) is 48.4 Å². The van der Waals surface area contributed by atoms with Crippen LogP contribution in [-0.4, -0.2) is 40.5 Å². The molecular weight excluding hydrogens is 446 g/mol. The molecule has 0 saturated carbocycles. The van der Waals surface area contributed by atoms with Gasteiger partial charge in [-0.3, -0.25) is 9.59 Å². The molecule has 2 amide bonds. The molecule has 0 bridgehead atoms. The summed E-state index contributed by atoms with van der Waals surface area (Å²) in [6, 6.07) is 8.64. The van der Waals surface area contributed by atoms with Crippen molar-refractivity contribution in [3.05, 3.63) is 77.8 Å². The summed E-state index contributed by atoms with van der Waals surface area (Å²) < 4.78 is 33.1. The maximum atomic E-state index is 13.4. The molecule has 10 heteroatoms. The van der Waals surface area contributed by atoms with E-state index in [0.29, 0.717) is 24.1 Å². The summed E-state index contributed by atoms with van der Waals surface area (Å²) in [4.78, 5) is 40.8. The van der Waals surface area contributed by atoms with E-state index in [1.54, 1.807) is 35.0 Å². The number of halogens is 2. The van der Waals surface area contributed by atoms with E-state index in [2.05, 4.69) is 20.4 Å². The number of aromatic nitrogens is 2. The smallest absolute Gasteiger partial charge is 0.337 e. The molecule has 2 N–H and O–H groups in total. The number of nitrogens with one attached hydrogen (secondary N) is 2. The predicted molar refractivity (Wildman–Crippen MR) is 120 cm³/mol. The quantitative estimate of drug-likeness (QED) is 0.467. The number of anilines is 1. The Kier molecular flexibility index (Phi) is 8.07. The lowest BCUT2D eigenvalue weighted by Crippen LogP contribution is -2.44. The average molecular weight is 470 g/mol. The second-order valence-electron chi connectivity index (χ2n) is 7.56. The molecule has 3 rings (SSSR count). The zero-order chi connectivity index (χ0) is 24.7. The van der Waals surface area contributed by atoms with E-state index >= 15 is 0 Å². The normalized spacial score (nSPS) is 11.5. The van der Waals surface area contributed by atoms with Crippen LogP contribution in [0.1, 0.15) is 35.7 Å². The average Bonchev–Trinajstić information content (AvgIpc) is 3.26. The highest BCUT2D eigenvalue weighted by Crippen LogP contribution is 2.14. The van der Waals surface area contributed by atoms with Crippen molar-refractivity contribution in [2.24, 2.45) is 0 Å². The van der Waals surface area contributed by atoms with Gasteiger partial charge in [-0.15, -0.1) is 0 Å². The minimum atomic E-state index is -0.847. The van der Waals surface area contributed by atoms with E-state index < -0.39 is 35.5 Å². The number of amides is 2. The molecule has 0 radical (unpaired) electrons. The Morgan fingerprint density at radius 1 is 1.09 bits per heavy atom. The zero-order valence-electron chi connectivity index (χ0n) is 18.7. The second kappa shape index (κ2) is 11.2. The van der Waals surface area contributed by atoms with Crippen molar-refractivity contribution in [3.8, 4) is 5.69 Å². The van der Waals surface area contributed by atoms with Gasteiger partial charge in [0.25, 0.3) is 0 Å². The molecule has 0 spiro atoms. The van der Waals surface area contributed by atoms with Crippen molar-refractivity contribution in [3.63, 3.8) is 0 Å². The van der Waals surface area contributed by atoms with E-state index in [-0.39, 0.29) is 17.8 Å². The molecular formula is C24H24F2N4O4. The van der Waals surface area contributed by atoms with Gasteiger partial charge in [0.2, 0.25) is 11.8 Å².